The maximum atomic E-state index is 13.1. The number of aliphatic hydroxyl groups excluding tert-OH is 1. The second-order valence-electron chi connectivity index (χ2n) is 4.96. The number of hydrogen-bond donors (Lipinski definition) is 1. The van der Waals surface area contributed by atoms with E-state index in [1.54, 1.807) is 0 Å². The zero-order valence-electron chi connectivity index (χ0n) is 11.5. The summed E-state index contributed by atoms with van der Waals surface area (Å²) in [4.78, 5) is 0. The Morgan fingerprint density at radius 2 is 1.75 bits per heavy atom. The summed E-state index contributed by atoms with van der Waals surface area (Å²) in [5.41, 5.74) is -1.20. The SMILES string of the molecule is CCCCCCCC(O)c1ccc(F)c(C(F)(F)F)c1. The molecule has 1 unspecified atom stereocenters. The van der Waals surface area contributed by atoms with Crippen LogP contribution in [0, 0.1) is 5.82 Å². The van der Waals surface area contributed by atoms with E-state index in [1.165, 1.54) is 6.07 Å². The zero-order chi connectivity index (χ0) is 15.2. The topological polar surface area (TPSA) is 20.2 Å². The summed E-state index contributed by atoms with van der Waals surface area (Å²) >= 11 is 0. The van der Waals surface area contributed by atoms with Crippen LogP contribution in [0.25, 0.3) is 0 Å². The summed E-state index contributed by atoms with van der Waals surface area (Å²) in [5, 5.41) is 9.87. The number of benzene rings is 1. The minimum atomic E-state index is -4.74. The number of aliphatic hydroxyl groups is 1. The standard InChI is InChI=1S/C15H20F4O/c1-2-3-4-5-6-7-14(20)11-8-9-13(16)12(10-11)15(17,18)19/h8-10,14,20H,2-7H2,1H3. The number of alkyl halides is 3. The van der Waals surface area contributed by atoms with Gasteiger partial charge in [0.15, 0.2) is 0 Å². The molecule has 0 spiro atoms. The van der Waals surface area contributed by atoms with Gasteiger partial charge in [0.1, 0.15) is 5.82 Å². The molecule has 0 aliphatic heterocycles. The molecule has 0 saturated heterocycles. The molecule has 1 N–H and O–H groups in total. The highest BCUT2D eigenvalue weighted by molar-refractivity contribution is 5.28. The third-order valence-corrected chi connectivity index (χ3v) is 3.26. The van der Waals surface area contributed by atoms with E-state index >= 15 is 0 Å². The van der Waals surface area contributed by atoms with Crippen LogP contribution in [-0.2, 0) is 6.18 Å². The molecule has 20 heavy (non-hydrogen) atoms. The van der Waals surface area contributed by atoms with Gasteiger partial charge in [-0.05, 0) is 24.1 Å². The van der Waals surface area contributed by atoms with E-state index in [1.807, 2.05) is 0 Å². The van der Waals surface area contributed by atoms with Gasteiger partial charge in [0.2, 0.25) is 0 Å². The number of halogens is 4. The fourth-order valence-corrected chi connectivity index (χ4v) is 2.08. The molecule has 114 valence electrons. The normalized spacial score (nSPS) is 13.5. The van der Waals surface area contributed by atoms with Gasteiger partial charge < -0.3 is 5.11 Å². The first-order valence-electron chi connectivity index (χ1n) is 6.91. The van der Waals surface area contributed by atoms with E-state index in [9.17, 15) is 22.7 Å². The first-order valence-corrected chi connectivity index (χ1v) is 6.91. The second-order valence-corrected chi connectivity index (χ2v) is 4.96. The Hall–Kier alpha value is -1.10. The number of hydrogen-bond acceptors (Lipinski definition) is 1. The third kappa shape index (κ3) is 5.12. The number of unbranched alkanes of at least 4 members (excludes halogenated alkanes) is 4. The molecular formula is C15H20F4O. The van der Waals surface area contributed by atoms with Crippen LogP contribution < -0.4 is 0 Å². The zero-order valence-corrected chi connectivity index (χ0v) is 11.5. The fraction of sp³-hybridized carbons (Fsp3) is 0.600. The molecule has 1 rings (SSSR count). The van der Waals surface area contributed by atoms with Gasteiger partial charge in [-0.1, -0.05) is 45.1 Å². The van der Waals surface area contributed by atoms with Crippen LogP contribution in [0.1, 0.15) is 62.7 Å². The lowest BCUT2D eigenvalue weighted by Gasteiger charge is -2.14. The smallest absolute Gasteiger partial charge is 0.388 e. The summed E-state index contributed by atoms with van der Waals surface area (Å²) < 4.78 is 50.8. The molecule has 0 fully saturated rings. The third-order valence-electron chi connectivity index (χ3n) is 3.26. The van der Waals surface area contributed by atoms with Crippen molar-refractivity contribution in [1.82, 2.24) is 0 Å². The lowest BCUT2D eigenvalue weighted by Crippen LogP contribution is -2.10. The molecule has 0 heterocycles. The Labute approximate surface area is 116 Å². The van der Waals surface area contributed by atoms with E-state index in [2.05, 4.69) is 6.92 Å². The Morgan fingerprint density at radius 1 is 1.10 bits per heavy atom. The molecule has 0 saturated carbocycles. The number of rotatable bonds is 7. The van der Waals surface area contributed by atoms with Crippen LogP contribution in [0.4, 0.5) is 17.6 Å². The van der Waals surface area contributed by atoms with E-state index in [-0.39, 0.29) is 5.56 Å². The molecule has 0 aliphatic rings. The highest BCUT2D eigenvalue weighted by Crippen LogP contribution is 2.33. The Balaban J connectivity index is 2.62. The largest absolute Gasteiger partial charge is 0.419 e. The van der Waals surface area contributed by atoms with Gasteiger partial charge >= 0.3 is 6.18 Å². The summed E-state index contributed by atoms with van der Waals surface area (Å²) in [6.07, 6.45) is -0.342. The van der Waals surface area contributed by atoms with Gasteiger partial charge in [-0.25, -0.2) is 4.39 Å². The molecule has 1 aromatic carbocycles. The van der Waals surface area contributed by atoms with Crippen LogP contribution in [0.2, 0.25) is 0 Å². The molecule has 1 atom stereocenters. The first-order chi connectivity index (χ1) is 9.36. The molecule has 0 bridgehead atoms. The van der Waals surface area contributed by atoms with E-state index in [0.29, 0.717) is 12.5 Å². The second kappa shape index (κ2) is 7.62. The minimum Gasteiger partial charge on any atom is -0.388 e. The molecular weight excluding hydrogens is 272 g/mol. The van der Waals surface area contributed by atoms with Crippen molar-refractivity contribution in [3.63, 3.8) is 0 Å². The predicted molar refractivity (Wildman–Crippen MR) is 69.7 cm³/mol. The van der Waals surface area contributed by atoms with Gasteiger partial charge in [-0.15, -0.1) is 0 Å². The van der Waals surface area contributed by atoms with Gasteiger partial charge in [-0.2, -0.15) is 13.2 Å². The van der Waals surface area contributed by atoms with E-state index < -0.39 is 23.7 Å². The first kappa shape index (κ1) is 17.0. The summed E-state index contributed by atoms with van der Waals surface area (Å²) in [6.45, 7) is 2.09. The highest BCUT2D eigenvalue weighted by atomic mass is 19.4. The van der Waals surface area contributed by atoms with Crippen molar-refractivity contribution >= 4 is 0 Å². The van der Waals surface area contributed by atoms with Crippen LogP contribution in [0.3, 0.4) is 0 Å². The van der Waals surface area contributed by atoms with Gasteiger partial charge in [0, 0.05) is 0 Å². The maximum absolute atomic E-state index is 13.1. The van der Waals surface area contributed by atoms with Crippen molar-refractivity contribution < 1.29 is 22.7 Å². The lowest BCUT2D eigenvalue weighted by molar-refractivity contribution is -0.140. The summed E-state index contributed by atoms with van der Waals surface area (Å²) in [7, 11) is 0. The molecule has 1 nitrogen and oxygen atoms in total. The van der Waals surface area contributed by atoms with Crippen LogP contribution >= 0.6 is 0 Å². The molecule has 1 aromatic rings. The van der Waals surface area contributed by atoms with Gasteiger partial charge in [0.05, 0.1) is 11.7 Å². The van der Waals surface area contributed by atoms with E-state index in [4.69, 9.17) is 0 Å². The van der Waals surface area contributed by atoms with Crippen molar-refractivity contribution in [2.75, 3.05) is 0 Å². The average molecular weight is 292 g/mol. The Bertz CT molecular complexity index is 415. The van der Waals surface area contributed by atoms with Crippen molar-refractivity contribution in [3.8, 4) is 0 Å². The molecule has 0 aliphatic carbocycles. The van der Waals surface area contributed by atoms with Crippen molar-refractivity contribution in [2.45, 2.75) is 57.7 Å². The summed E-state index contributed by atoms with van der Waals surface area (Å²) in [6, 6.07) is 2.67. The Morgan fingerprint density at radius 3 is 2.35 bits per heavy atom. The molecule has 0 aromatic heterocycles. The van der Waals surface area contributed by atoms with E-state index in [0.717, 1.165) is 38.2 Å². The molecule has 0 radical (unpaired) electrons. The van der Waals surface area contributed by atoms with Crippen LogP contribution in [-0.4, -0.2) is 5.11 Å². The van der Waals surface area contributed by atoms with Gasteiger partial charge in [0.25, 0.3) is 0 Å². The monoisotopic (exact) mass is 292 g/mol. The highest BCUT2D eigenvalue weighted by Gasteiger charge is 2.34. The lowest BCUT2D eigenvalue weighted by atomic mass is 10.00. The quantitative estimate of drug-likeness (QED) is 0.538. The van der Waals surface area contributed by atoms with Crippen molar-refractivity contribution in [1.29, 1.82) is 0 Å². The van der Waals surface area contributed by atoms with Crippen LogP contribution in [0.15, 0.2) is 18.2 Å². The van der Waals surface area contributed by atoms with Crippen molar-refractivity contribution in [3.05, 3.63) is 35.1 Å². The van der Waals surface area contributed by atoms with Crippen LogP contribution in [0.5, 0.6) is 0 Å². The average Bonchev–Trinajstić information content (AvgIpc) is 2.37. The molecule has 0 amide bonds. The summed E-state index contributed by atoms with van der Waals surface area (Å²) in [5.74, 6) is -1.31. The van der Waals surface area contributed by atoms with Gasteiger partial charge in [-0.3, -0.25) is 0 Å². The molecule has 5 heteroatoms. The predicted octanol–water partition coefficient (Wildman–Crippen LogP) is 5.24. The maximum Gasteiger partial charge on any atom is 0.419 e. The Kier molecular flexibility index (Phi) is 6.46. The minimum absolute atomic E-state index is 0.120. The fourth-order valence-electron chi connectivity index (χ4n) is 2.08. The van der Waals surface area contributed by atoms with Crippen molar-refractivity contribution in [2.24, 2.45) is 0 Å².